The maximum Gasteiger partial charge on any atom is 0.353 e. The second kappa shape index (κ2) is 9.71. The highest BCUT2D eigenvalue weighted by Gasteiger charge is 2.43. The summed E-state index contributed by atoms with van der Waals surface area (Å²) in [4.78, 5) is 12.5. The summed E-state index contributed by atoms with van der Waals surface area (Å²) in [6.07, 6.45) is 1.09. The predicted octanol–water partition coefficient (Wildman–Crippen LogP) is 4.40. The van der Waals surface area contributed by atoms with Crippen molar-refractivity contribution in [2.45, 2.75) is 29.8 Å². The topological polar surface area (TPSA) is 74.6 Å². The van der Waals surface area contributed by atoms with Crippen LogP contribution in [0.15, 0.2) is 65.6 Å². The molecule has 0 saturated carbocycles. The molecule has 0 aliphatic carbocycles. The maximum absolute atomic E-state index is 12.3. The molecule has 0 fully saturated rings. The van der Waals surface area contributed by atoms with E-state index in [2.05, 4.69) is 0 Å². The molecule has 0 heterocycles. The van der Waals surface area contributed by atoms with Gasteiger partial charge in [-0.05, 0) is 37.0 Å². The van der Waals surface area contributed by atoms with Gasteiger partial charge in [-0.25, -0.2) is 4.79 Å². The number of thioether (sulfide) groups is 1. The number of aliphatic carboxylic acids is 1. The van der Waals surface area contributed by atoms with E-state index in [4.69, 9.17) is 0 Å². The monoisotopic (exact) mass is 377 g/mol. The molecule has 2 aromatic carbocycles. The summed E-state index contributed by atoms with van der Waals surface area (Å²) in [7, 11) is -1.81. The van der Waals surface area contributed by atoms with E-state index in [0.29, 0.717) is 18.3 Å². The molecule has 0 radical (unpaired) electrons. The lowest BCUT2D eigenvalue weighted by Crippen LogP contribution is -2.41. The number of hydrogen-bond acceptors (Lipinski definition) is 4. The zero-order valence-corrected chi connectivity index (χ0v) is 15.6. The molecule has 2 rings (SSSR count). The SMILES string of the molecule is O=C(O)C(O)(CCCc1ccccc1)C[P+](=O)CSc1ccccc1. The highest BCUT2D eigenvalue weighted by atomic mass is 32.2. The summed E-state index contributed by atoms with van der Waals surface area (Å²) < 4.78 is 12.3. The molecule has 0 aliphatic heterocycles. The minimum absolute atomic E-state index is 0.0916. The summed E-state index contributed by atoms with van der Waals surface area (Å²) in [6, 6.07) is 19.2. The van der Waals surface area contributed by atoms with Gasteiger partial charge in [-0.2, -0.15) is 0 Å². The number of benzene rings is 2. The van der Waals surface area contributed by atoms with Crippen LogP contribution < -0.4 is 0 Å². The van der Waals surface area contributed by atoms with Crippen molar-refractivity contribution in [2.24, 2.45) is 0 Å². The van der Waals surface area contributed by atoms with Crippen LogP contribution in [-0.2, 0) is 15.8 Å². The van der Waals surface area contributed by atoms with E-state index < -0.39 is 19.4 Å². The summed E-state index contributed by atoms with van der Waals surface area (Å²) >= 11 is 1.41. The van der Waals surface area contributed by atoms with E-state index in [9.17, 15) is 19.6 Å². The van der Waals surface area contributed by atoms with E-state index in [1.807, 2.05) is 60.7 Å². The van der Waals surface area contributed by atoms with Crippen molar-refractivity contribution >= 4 is 25.5 Å². The highest BCUT2D eigenvalue weighted by molar-refractivity contribution is 8.03. The van der Waals surface area contributed by atoms with Gasteiger partial charge in [0.1, 0.15) is 0 Å². The summed E-state index contributed by atoms with van der Waals surface area (Å²) in [6.45, 7) is 0. The third kappa shape index (κ3) is 6.62. The lowest BCUT2D eigenvalue weighted by atomic mass is 9.97. The van der Waals surface area contributed by atoms with Crippen LogP contribution >= 0.6 is 19.6 Å². The van der Waals surface area contributed by atoms with Crippen molar-refractivity contribution in [3.63, 3.8) is 0 Å². The van der Waals surface area contributed by atoms with E-state index in [1.54, 1.807) is 0 Å². The highest BCUT2D eigenvalue weighted by Crippen LogP contribution is 2.36. The average Bonchev–Trinajstić information content (AvgIpc) is 2.61. The Bertz CT molecular complexity index is 693. The normalized spacial score (nSPS) is 13.9. The Hall–Kier alpha value is -1.68. The van der Waals surface area contributed by atoms with Crippen LogP contribution in [0.3, 0.4) is 0 Å². The standard InChI is InChI=1S/C19H21O4PS/c20-18(21)19(22,13-7-10-16-8-3-1-4-9-16)14-24(23)15-25-17-11-5-2-6-12-17/h1-6,8-9,11-12,22H,7,10,13-15H2/p+1. The number of aliphatic hydroxyl groups is 1. The summed E-state index contributed by atoms with van der Waals surface area (Å²) in [5.74, 6) is -1.30. The van der Waals surface area contributed by atoms with Crippen LogP contribution in [0.25, 0.3) is 0 Å². The third-order valence-corrected chi connectivity index (χ3v) is 7.00. The average molecular weight is 377 g/mol. The van der Waals surface area contributed by atoms with Crippen molar-refractivity contribution in [3.8, 4) is 0 Å². The molecule has 2 aromatic rings. The number of carboxylic acids is 1. The number of rotatable bonds is 10. The van der Waals surface area contributed by atoms with Crippen molar-refractivity contribution in [1.82, 2.24) is 0 Å². The molecule has 6 heteroatoms. The van der Waals surface area contributed by atoms with Gasteiger partial charge in [0, 0.05) is 4.90 Å². The quantitative estimate of drug-likeness (QED) is 0.474. The maximum atomic E-state index is 12.3. The van der Waals surface area contributed by atoms with Crippen LogP contribution in [0.1, 0.15) is 18.4 Å². The molecule has 2 unspecified atom stereocenters. The van der Waals surface area contributed by atoms with Gasteiger partial charge < -0.3 is 10.2 Å². The first-order valence-corrected chi connectivity index (χ1v) is 10.7. The van der Waals surface area contributed by atoms with Gasteiger partial charge in [0.2, 0.25) is 5.60 Å². The molecule has 2 N–H and O–H groups in total. The molecule has 0 bridgehead atoms. The van der Waals surface area contributed by atoms with Crippen molar-refractivity contribution in [1.29, 1.82) is 0 Å². The Kier molecular flexibility index (Phi) is 7.63. The third-order valence-electron chi connectivity index (χ3n) is 3.85. The molecule has 0 saturated heterocycles. The first-order valence-electron chi connectivity index (χ1n) is 8.09. The Morgan fingerprint density at radius 3 is 2.24 bits per heavy atom. The molecule has 25 heavy (non-hydrogen) atoms. The van der Waals surface area contributed by atoms with Crippen LogP contribution in [0, 0.1) is 0 Å². The fraction of sp³-hybridized carbons (Fsp3) is 0.316. The summed E-state index contributed by atoms with van der Waals surface area (Å²) in [5.41, 5.74) is -0.535. The predicted molar refractivity (Wildman–Crippen MR) is 102 cm³/mol. The van der Waals surface area contributed by atoms with Crippen molar-refractivity contribution < 1.29 is 19.6 Å². The molecular formula is C19H22O4PS+. The first kappa shape index (κ1) is 19.6. The van der Waals surface area contributed by atoms with Gasteiger partial charge >= 0.3 is 13.8 Å². The smallest absolute Gasteiger partial charge is 0.353 e. The molecule has 4 nitrogen and oxygen atoms in total. The van der Waals surface area contributed by atoms with Crippen molar-refractivity contribution in [3.05, 3.63) is 66.2 Å². The Morgan fingerprint density at radius 2 is 1.64 bits per heavy atom. The Balaban J connectivity index is 1.85. The van der Waals surface area contributed by atoms with Gasteiger partial charge in [-0.1, -0.05) is 64.9 Å². The van der Waals surface area contributed by atoms with Crippen LogP contribution in [0.2, 0.25) is 0 Å². The van der Waals surface area contributed by atoms with Gasteiger partial charge in [0.15, 0.2) is 11.7 Å². The molecule has 2 atom stereocenters. The molecule has 132 valence electrons. The molecule has 0 amide bonds. The van der Waals surface area contributed by atoms with E-state index in [1.165, 1.54) is 11.8 Å². The second-order valence-corrected chi connectivity index (χ2v) is 8.98. The largest absolute Gasteiger partial charge is 0.479 e. The van der Waals surface area contributed by atoms with Crippen LogP contribution in [0.5, 0.6) is 0 Å². The number of hydrogen-bond donors (Lipinski definition) is 2. The van der Waals surface area contributed by atoms with Gasteiger partial charge in [0.05, 0.1) is 0 Å². The van der Waals surface area contributed by atoms with Gasteiger partial charge in [-0.3, -0.25) is 0 Å². The van der Waals surface area contributed by atoms with Crippen molar-refractivity contribution in [2.75, 3.05) is 11.7 Å². The molecule has 0 aliphatic rings. The second-order valence-electron chi connectivity index (χ2n) is 5.90. The summed E-state index contributed by atoms with van der Waals surface area (Å²) in [5, 5.41) is 19.8. The molecular weight excluding hydrogens is 355 g/mol. The van der Waals surface area contributed by atoms with Gasteiger partial charge in [-0.15, -0.1) is 0 Å². The van der Waals surface area contributed by atoms with E-state index in [-0.39, 0.29) is 12.6 Å². The Labute approximate surface area is 153 Å². The van der Waals surface area contributed by atoms with Crippen LogP contribution in [-0.4, -0.2) is 33.4 Å². The Morgan fingerprint density at radius 1 is 1.04 bits per heavy atom. The number of carbonyl (C=O) groups is 1. The van der Waals surface area contributed by atoms with E-state index in [0.717, 1.165) is 10.5 Å². The van der Waals surface area contributed by atoms with E-state index >= 15 is 0 Å². The fourth-order valence-corrected chi connectivity index (χ4v) is 5.25. The lowest BCUT2D eigenvalue weighted by molar-refractivity contribution is -0.156. The zero-order valence-electron chi connectivity index (χ0n) is 13.9. The molecule has 0 aromatic heterocycles. The number of carboxylic acid groups (broad SMARTS) is 1. The van der Waals surface area contributed by atoms with Crippen LogP contribution in [0.4, 0.5) is 0 Å². The van der Waals surface area contributed by atoms with Gasteiger partial charge in [0.25, 0.3) is 0 Å². The minimum Gasteiger partial charge on any atom is -0.479 e. The minimum atomic E-state index is -1.93. The lowest BCUT2D eigenvalue weighted by Gasteiger charge is -2.18. The number of aryl methyl sites for hydroxylation is 1. The zero-order chi connectivity index (χ0) is 18.1. The first-order chi connectivity index (χ1) is 12.0. The fourth-order valence-electron chi connectivity index (χ4n) is 2.48. The molecule has 0 spiro atoms.